The fraction of sp³-hybridized carbons (Fsp3) is 0.476. The molecule has 0 saturated carbocycles. The van der Waals surface area contributed by atoms with E-state index in [1.54, 1.807) is 4.90 Å². The van der Waals surface area contributed by atoms with Gasteiger partial charge in [-0.25, -0.2) is 4.79 Å². The standard InChI is InChI=1S/C21H28N4O3/c1-14-9-18(20(26)27)13-24(11-14)21(28)22-10-19-15(2)23-25(16(19)3)12-17-7-5-4-6-8-17/h4-8,14,18H,9-13H2,1-3H3,(H,22,28)(H,26,27). The first kappa shape index (κ1) is 19.9. The molecule has 2 aromatic rings. The van der Waals surface area contributed by atoms with Crippen LogP contribution in [0.3, 0.4) is 0 Å². The number of aromatic nitrogens is 2. The van der Waals surface area contributed by atoms with Crippen LogP contribution in [0.25, 0.3) is 0 Å². The maximum atomic E-state index is 12.6. The van der Waals surface area contributed by atoms with Crippen LogP contribution in [0.4, 0.5) is 4.79 Å². The zero-order chi connectivity index (χ0) is 20.3. The van der Waals surface area contributed by atoms with E-state index >= 15 is 0 Å². The van der Waals surface area contributed by atoms with Crippen molar-refractivity contribution in [3.63, 3.8) is 0 Å². The SMILES string of the molecule is Cc1nn(Cc2ccccc2)c(C)c1CNC(=O)N1CC(C)CC(C(=O)O)C1. The van der Waals surface area contributed by atoms with Crippen molar-refractivity contribution in [1.29, 1.82) is 0 Å². The summed E-state index contributed by atoms with van der Waals surface area (Å²) in [7, 11) is 0. The second-order valence-electron chi connectivity index (χ2n) is 7.73. The Morgan fingerprint density at radius 1 is 1.21 bits per heavy atom. The molecule has 2 heterocycles. The number of carboxylic acid groups (broad SMARTS) is 1. The van der Waals surface area contributed by atoms with Gasteiger partial charge in [0, 0.05) is 30.9 Å². The molecule has 1 aromatic carbocycles. The number of amides is 2. The van der Waals surface area contributed by atoms with Gasteiger partial charge in [0.2, 0.25) is 0 Å². The average molecular weight is 384 g/mol. The number of nitrogens with one attached hydrogen (secondary N) is 1. The summed E-state index contributed by atoms with van der Waals surface area (Å²) < 4.78 is 1.95. The molecule has 0 aliphatic carbocycles. The number of carbonyl (C=O) groups excluding carboxylic acids is 1. The first-order chi connectivity index (χ1) is 13.3. The number of rotatable bonds is 5. The third-order valence-electron chi connectivity index (χ3n) is 5.42. The quantitative estimate of drug-likeness (QED) is 0.830. The Hall–Kier alpha value is -2.83. The lowest BCUT2D eigenvalue weighted by molar-refractivity contribution is -0.143. The topological polar surface area (TPSA) is 87.5 Å². The largest absolute Gasteiger partial charge is 0.481 e. The number of hydrogen-bond acceptors (Lipinski definition) is 3. The summed E-state index contributed by atoms with van der Waals surface area (Å²) in [4.78, 5) is 25.5. The summed E-state index contributed by atoms with van der Waals surface area (Å²) >= 11 is 0. The minimum Gasteiger partial charge on any atom is -0.481 e. The lowest BCUT2D eigenvalue weighted by atomic mass is 9.91. The number of likely N-dealkylation sites (tertiary alicyclic amines) is 1. The van der Waals surface area contributed by atoms with E-state index < -0.39 is 11.9 Å². The summed E-state index contributed by atoms with van der Waals surface area (Å²) in [5.41, 5.74) is 4.09. The molecule has 1 fully saturated rings. The Morgan fingerprint density at radius 3 is 2.61 bits per heavy atom. The van der Waals surface area contributed by atoms with E-state index in [1.807, 2.05) is 43.7 Å². The van der Waals surface area contributed by atoms with Gasteiger partial charge in [0.1, 0.15) is 0 Å². The Kier molecular flexibility index (Phi) is 6.02. The number of benzene rings is 1. The van der Waals surface area contributed by atoms with Crippen molar-refractivity contribution in [2.24, 2.45) is 11.8 Å². The highest BCUT2D eigenvalue weighted by molar-refractivity contribution is 5.76. The van der Waals surface area contributed by atoms with Gasteiger partial charge in [-0.2, -0.15) is 5.10 Å². The Bertz CT molecular complexity index is 847. The van der Waals surface area contributed by atoms with E-state index in [9.17, 15) is 14.7 Å². The van der Waals surface area contributed by atoms with Gasteiger partial charge < -0.3 is 15.3 Å². The maximum Gasteiger partial charge on any atom is 0.317 e. The third-order valence-corrected chi connectivity index (χ3v) is 5.42. The number of nitrogens with zero attached hydrogens (tertiary/aromatic N) is 3. The molecule has 7 nitrogen and oxygen atoms in total. The number of aryl methyl sites for hydroxylation is 1. The third kappa shape index (κ3) is 4.52. The van der Waals surface area contributed by atoms with Crippen LogP contribution in [0.1, 0.15) is 35.9 Å². The molecule has 2 N–H and O–H groups in total. The first-order valence-electron chi connectivity index (χ1n) is 9.67. The molecule has 2 amide bonds. The maximum absolute atomic E-state index is 12.6. The molecule has 1 aliphatic rings. The van der Waals surface area contributed by atoms with E-state index in [-0.39, 0.29) is 18.5 Å². The number of carbonyl (C=O) groups is 2. The van der Waals surface area contributed by atoms with Crippen molar-refractivity contribution in [2.75, 3.05) is 13.1 Å². The highest BCUT2D eigenvalue weighted by atomic mass is 16.4. The van der Waals surface area contributed by atoms with Gasteiger partial charge >= 0.3 is 12.0 Å². The number of hydrogen-bond donors (Lipinski definition) is 2. The highest BCUT2D eigenvalue weighted by Crippen LogP contribution is 2.22. The van der Waals surface area contributed by atoms with Gasteiger partial charge in [-0.15, -0.1) is 0 Å². The molecule has 7 heteroatoms. The van der Waals surface area contributed by atoms with Crippen LogP contribution in [-0.2, 0) is 17.9 Å². The predicted octanol–water partition coefficient (Wildman–Crippen LogP) is 2.80. The van der Waals surface area contributed by atoms with Gasteiger partial charge in [0.15, 0.2) is 0 Å². The van der Waals surface area contributed by atoms with Crippen LogP contribution >= 0.6 is 0 Å². The van der Waals surface area contributed by atoms with Crippen LogP contribution in [0, 0.1) is 25.7 Å². The van der Waals surface area contributed by atoms with Crippen molar-refractivity contribution in [3.05, 3.63) is 52.8 Å². The summed E-state index contributed by atoms with van der Waals surface area (Å²) in [5, 5.41) is 16.9. The zero-order valence-electron chi connectivity index (χ0n) is 16.7. The number of aliphatic carboxylic acids is 1. The lowest BCUT2D eigenvalue weighted by Crippen LogP contribution is -2.49. The smallest absolute Gasteiger partial charge is 0.317 e. The molecule has 3 rings (SSSR count). The van der Waals surface area contributed by atoms with Gasteiger partial charge in [-0.3, -0.25) is 9.48 Å². The molecule has 1 aliphatic heterocycles. The second-order valence-corrected chi connectivity index (χ2v) is 7.73. The molecule has 1 saturated heterocycles. The van der Waals surface area contributed by atoms with E-state index in [2.05, 4.69) is 22.5 Å². The highest BCUT2D eigenvalue weighted by Gasteiger charge is 2.31. The van der Waals surface area contributed by atoms with Crippen molar-refractivity contribution in [1.82, 2.24) is 20.0 Å². The molecule has 1 aromatic heterocycles. The monoisotopic (exact) mass is 384 g/mol. The van der Waals surface area contributed by atoms with Crippen molar-refractivity contribution >= 4 is 12.0 Å². The van der Waals surface area contributed by atoms with Gasteiger partial charge in [0.05, 0.1) is 18.2 Å². The normalized spacial score (nSPS) is 19.5. The minimum atomic E-state index is -0.835. The molecule has 0 radical (unpaired) electrons. The van der Waals surface area contributed by atoms with Gasteiger partial charge in [0.25, 0.3) is 0 Å². The Balaban J connectivity index is 1.64. The number of piperidine rings is 1. The number of carboxylic acids is 1. The van der Waals surface area contributed by atoms with E-state index in [0.29, 0.717) is 26.1 Å². The van der Waals surface area contributed by atoms with Crippen LogP contribution in [-0.4, -0.2) is 44.9 Å². The second kappa shape index (κ2) is 8.46. The summed E-state index contributed by atoms with van der Waals surface area (Å²) in [5.74, 6) is -1.15. The molecule has 28 heavy (non-hydrogen) atoms. The van der Waals surface area contributed by atoms with E-state index in [1.165, 1.54) is 5.56 Å². The van der Waals surface area contributed by atoms with Crippen LogP contribution in [0.5, 0.6) is 0 Å². The van der Waals surface area contributed by atoms with Crippen molar-refractivity contribution in [3.8, 4) is 0 Å². The fourth-order valence-corrected chi connectivity index (χ4v) is 3.87. The summed E-state index contributed by atoms with van der Waals surface area (Å²) in [6, 6.07) is 9.91. The van der Waals surface area contributed by atoms with Gasteiger partial charge in [-0.1, -0.05) is 37.3 Å². The van der Waals surface area contributed by atoms with Gasteiger partial charge in [-0.05, 0) is 31.7 Å². The van der Waals surface area contributed by atoms with E-state index in [4.69, 9.17) is 0 Å². The van der Waals surface area contributed by atoms with Crippen LogP contribution < -0.4 is 5.32 Å². The fourth-order valence-electron chi connectivity index (χ4n) is 3.87. The summed E-state index contributed by atoms with van der Waals surface area (Å²) in [6.07, 6.45) is 0.615. The molecular weight excluding hydrogens is 356 g/mol. The average Bonchev–Trinajstić information content (AvgIpc) is 2.93. The molecular formula is C21H28N4O3. The van der Waals surface area contributed by atoms with Crippen molar-refractivity contribution < 1.29 is 14.7 Å². The molecule has 0 bridgehead atoms. The zero-order valence-corrected chi connectivity index (χ0v) is 16.7. The number of urea groups is 1. The van der Waals surface area contributed by atoms with Crippen molar-refractivity contribution in [2.45, 2.75) is 40.3 Å². The molecule has 2 atom stereocenters. The lowest BCUT2D eigenvalue weighted by Gasteiger charge is -2.34. The summed E-state index contributed by atoms with van der Waals surface area (Å²) in [6.45, 7) is 7.85. The minimum absolute atomic E-state index is 0.178. The van der Waals surface area contributed by atoms with Crippen LogP contribution in [0.2, 0.25) is 0 Å². The molecule has 0 spiro atoms. The Morgan fingerprint density at radius 2 is 1.93 bits per heavy atom. The Labute approximate surface area is 165 Å². The predicted molar refractivity (Wildman–Crippen MR) is 106 cm³/mol. The first-order valence-corrected chi connectivity index (χ1v) is 9.67. The van der Waals surface area contributed by atoms with E-state index in [0.717, 1.165) is 17.0 Å². The molecule has 150 valence electrons. The van der Waals surface area contributed by atoms with Crippen LogP contribution in [0.15, 0.2) is 30.3 Å². The molecule has 2 unspecified atom stereocenters.